The van der Waals surface area contributed by atoms with Gasteiger partial charge in [-0.15, -0.1) is 0 Å². The smallest absolute Gasteiger partial charge is 0.160 e. The molecular formula is C57H48N4O. The van der Waals surface area contributed by atoms with Gasteiger partial charge < -0.3 is 15.8 Å². The summed E-state index contributed by atoms with van der Waals surface area (Å²) in [5.74, 6) is 1.02. The van der Waals surface area contributed by atoms with Crippen molar-refractivity contribution in [2.75, 3.05) is 0 Å². The van der Waals surface area contributed by atoms with Crippen LogP contribution < -0.4 is 11.1 Å². The predicted octanol–water partition coefficient (Wildman–Crippen LogP) is 11.9. The van der Waals surface area contributed by atoms with Gasteiger partial charge in [0, 0.05) is 46.1 Å². The fourth-order valence-electron chi connectivity index (χ4n) is 10.2. The summed E-state index contributed by atoms with van der Waals surface area (Å²) in [4.78, 5) is 10.6. The maximum Gasteiger partial charge on any atom is 0.160 e. The molecule has 8 unspecified atom stereocenters. The summed E-state index contributed by atoms with van der Waals surface area (Å²) in [6, 6.07) is 51.4. The molecule has 0 amide bonds. The molecule has 0 saturated carbocycles. The molecular weight excluding hydrogens is 757 g/mol. The summed E-state index contributed by atoms with van der Waals surface area (Å²) < 4.78 is 6.77. The first-order valence-electron chi connectivity index (χ1n) is 21.9. The number of aromatic nitrogens is 2. The minimum Gasteiger partial charge on any atom is -0.377 e. The molecule has 0 radical (unpaired) electrons. The van der Waals surface area contributed by atoms with Crippen LogP contribution in [0.15, 0.2) is 224 Å². The number of hydrogen-bond donors (Lipinski definition) is 2. The molecule has 3 heterocycles. The van der Waals surface area contributed by atoms with Gasteiger partial charge >= 0.3 is 0 Å². The highest BCUT2D eigenvalue weighted by Gasteiger charge is 2.43. The maximum absolute atomic E-state index is 7.36. The maximum atomic E-state index is 7.36. The highest BCUT2D eigenvalue weighted by Crippen LogP contribution is 2.49. The number of hydrogen-bond acceptors (Lipinski definition) is 5. The van der Waals surface area contributed by atoms with Crippen molar-refractivity contribution in [2.45, 2.75) is 42.5 Å². The van der Waals surface area contributed by atoms with E-state index in [1.54, 1.807) is 0 Å². The summed E-state index contributed by atoms with van der Waals surface area (Å²) in [6.07, 6.45) is 25.0. The topological polar surface area (TPSA) is 73.1 Å². The molecule has 5 aromatic carbocycles. The number of ether oxygens (including phenoxy) is 1. The Balaban J connectivity index is 1.05. The first-order chi connectivity index (χ1) is 30.7. The molecule has 0 spiro atoms. The molecule has 1 saturated heterocycles. The molecule has 302 valence electrons. The summed E-state index contributed by atoms with van der Waals surface area (Å²) in [5, 5.41) is 4.19. The molecule has 0 bridgehead atoms. The highest BCUT2D eigenvalue weighted by atomic mass is 16.5. The van der Waals surface area contributed by atoms with E-state index >= 15 is 0 Å². The van der Waals surface area contributed by atoms with Gasteiger partial charge in [0.15, 0.2) is 5.82 Å². The molecule has 1 aromatic heterocycles. The van der Waals surface area contributed by atoms with Gasteiger partial charge in [0.1, 0.15) is 0 Å². The third kappa shape index (κ3) is 7.03. The summed E-state index contributed by atoms with van der Waals surface area (Å²) >= 11 is 0. The van der Waals surface area contributed by atoms with Crippen molar-refractivity contribution >= 4 is 5.70 Å². The van der Waals surface area contributed by atoms with E-state index in [0.29, 0.717) is 5.82 Å². The Hall–Kier alpha value is -6.92. The fraction of sp³-hybridized carbons (Fsp3) is 0.158. The average molecular weight is 805 g/mol. The monoisotopic (exact) mass is 804 g/mol. The van der Waals surface area contributed by atoms with Crippen LogP contribution in [0.5, 0.6) is 0 Å². The number of rotatable bonds is 8. The van der Waals surface area contributed by atoms with Crippen LogP contribution >= 0.6 is 0 Å². The van der Waals surface area contributed by atoms with Crippen molar-refractivity contribution in [2.24, 2.45) is 17.6 Å². The van der Waals surface area contributed by atoms with Crippen LogP contribution in [0.25, 0.3) is 28.3 Å². The van der Waals surface area contributed by atoms with E-state index in [4.69, 9.17) is 20.4 Å². The van der Waals surface area contributed by atoms with Crippen molar-refractivity contribution in [1.82, 2.24) is 15.3 Å². The summed E-state index contributed by atoms with van der Waals surface area (Å²) in [6.45, 7) is 0. The molecule has 6 aromatic rings. The van der Waals surface area contributed by atoms with Gasteiger partial charge in [-0.3, -0.25) is 0 Å². The van der Waals surface area contributed by atoms with Crippen LogP contribution in [0.2, 0.25) is 0 Å². The van der Waals surface area contributed by atoms with Gasteiger partial charge in [-0.1, -0.05) is 200 Å². The quantitative estimate of drug-likeness (QED) is 0.160. The molecule has 5 nitrogen and oxygen atoms in total. The Morgan fingerprint density at radius 3 is 2.18 bits per heavy atom. The molecule has 11 rings (SSSR count). The summed E-state index contributed by atoms with van der Waals surface area (Å²) in [7, 11) is 0. The second-order valence-electron chi connectivity index (χ2n) is 16.9. The van der Waals surface area contributed by atoms with Crippen molar-refractivity contribution in [3.63, 3.8) is 0 Å². The molecule has 5 heteroatoms. The average Bonchev–Trinajstić information content (AvgIpc) is 3.74. The number of nitrogens with zero attached hydrogens (tertiary/aromatic N) is 2. The molecule has 5 aliphatic rings. The van der Waals surface area contributed by atoms with Gasteiger partial charge in [0.25, 0.3) is 0 Å². The number of allylic oxidation sites excluding steroid dienone is 8. The van der Waals surface area contributed by atoms with E-state index in [9.17, 15) is 0 Å². The first-order valence-corrected chi connectivity index (χ1v) is 21.9. The van der Waals surface area contributed by atoms with E-state index in [-0.39, 0.29) is 48.0 Å². The lowest BCUT2D eigenvalue weighted by molar-refractivity contribution is 0.0635. The number of benzene rings is 5. The Labute approximate surface area is 364 Å². The number of nitrogens with two attached hydrogens (primary N) is 1. The number of nitrogens with one attached hydrogen (secondary N) is 1. The van der Waals surface area contributed by atoms with Crippen LogP contribution in [-0.4, -0.2) is 22.2 Å². The van der Waals surface area contributed by atoms with Crippen molar-refractivity contribution in [3.8, 4) is 22.6 Å². The van der Waals surface area contributed by atoms with Crippen LogP contribution in [0, 0.1) is 11.8 Å². The molecule has 3 aliphatic carbocycles. The second kappa shape index (κ2) is 16.5. The first kappa shape index (κ1) is 38.0. The zero-order valence-electron chi connectivity index (χ0n) is 34.4. The van der Waals surface area contributed by atoms with Crippen LogP contribution in [0.1, 0.15) is 63.9 Å². The van der Waals surface area contributed by atoms with Gasteiger partial charge in [-0.2, -0.15) is 0 Å². The van der Waals surface area contributed by atoms with Crippen LogP contribution in [0.4, 0.5) is 0 Å². The summed E-state index contributed by atoms with van der Waals surface area (Å²) in [5.41, 5.74) is 20.8. The third-order valence-corrected chi connectivity index (χ3v) is 13.2. The van der Waals surface area contributed by atoms with E-state index in [1.807, 2.05) is 6.07 Å². The fourth-order valence-corrected chi connectivity index (χ4v) is 10.2. The normalized spacial score (nSPS) is 25.6. The van der Waals surface area contributed by atoms with Crippen molar-refractivity contribution in [1.29, 1.82) is 0 Å². The van der Waals surface area contributed by atoms with Gasteiger partial charge in [0.05, 0.1) is 35.7 Å². The Morgan fingerprint density at radius 2 is 1.35 bits per heavy atom. The standard InChI is InChI=1S/C57H48N4O/c58-53(38-21-7-2-8-22-38)52(37-19-5-1-6-20-37)55-45-31-14-13-30-44(45)51(54(61-55)39-23-9-3-10-24-39)42-28-17-27-41(35-42)48-36-49(60-57(59-48)40-25-11-4-12-26-40)47-33-18-32-46-43-29-15-16-34-50(43)62-56(46)47/h1-19,21-37,43,47,50-51,53-54,56,61H,20,58H2/b55-52-. The highest BCUT2D eigenvalue weighted by molar-refractivity contribution is 5.76. The van der Waals surface area contributed by atoms with Crippen LogP contribution in [0.3, 0.4) is 0 Å². The zero-order chi connectivity index (χ0) is 41.4. The molecule has 3 N–H and O–H groups in total. The lowest BCUT2D eigenvalue weighted by atomic mass is 9.73. The molecule has 8 atom stereocenters. The lowest BCUT2D eigenvalue weighted by Gasteiger charge is -2.40. The SMILES string of the molecule is NC(/C(=C1\NC(c2ccccc2)C(c2cccc(-c3cc(C4C=CC=C5C6C=CC=CC6OC54)nc(-c4ccccc4)n3)c2)c2ccccc21)C1C=CC=CC1)c1ccccc1. The molecule has 1 fully saturated rings. The predicted molar refractivity (Wildman–Crippen MR) is 251 cm³/mol. The second-order valence-corrected chi connectivity index (χ2v) is 16.9. The Bertz CT molecular complexity index is 2830. The van der Waals surface area contributed by atoms with Crippen molar-refractivity contribution < 1.29 is 4.74 Å². The van der Waals surface area contributed by atoms with Gasteiger partial charge in [0.2, 0.25) is 0 Å². The van der Waals surface area contributed by atoms with E-state index in [2.05, 4.69) is 212 Å². The van der Waals surface area contributed by atoms with Crippen LogP contribution in [-0.2, 0) is 4.74 Å². The third-order valence-electron chi connectivity index (χ3n) is 13.2. The molecule has 62 heavy (non-hydrogen) atoms. The number of fused-ring (bicyclic) bond motifs is 4. The zero-order valence-corrected chi connectivity index (χ0v) is 34.4. The van der Waals surface area contributed by atoms with E-state index in [1.165, 1.54) is 33.4 Å². The van der Waals surface area contributed by atoms with Gasteiger partial charge in [-0.25, -0.2) is 9.97 Å². The minimum atomic E-state index is -0.299. The van der Waals surface area contributed by atoms with E-state index < -0.39 is 0 Å². The largest absolute Gasteiger partial charge is 0.377 e. The van der Waals surface area contributed by atoms with Gasteiger partial charge in [-0.05, 0) is 52.0 Å². The molecule has 2 aliphatic heterocycles. The Morgan fingerprint density at radius 1 is 0.645 bits per heavy atom. The van der Waals surface area contributed by atoms with E-state index in [0.717, 1.165) is 40.2 Å². The van der Waals surface area contributed by atoms with Crippen molar-refractivity contribution in [3.05, 3.63) is 257 Å². The Kier molecular flexibility index (Phi) is 10.1. The lowest BCUT2D eigenvalue weighted by Crippen LogP contribution is -2.35. The minimum absolute atomic E-state index is 0.0199.